The van der Waals surface area contributed by atoms with Crippen LogP contribution in [0.2, 0.25) is 5.02 Å². The van der Waals surface area contributed by atoms with Crippen molar-refractivity contribution in [3.05, 3.63) is 53.3 Å². The summed E-state index contributed by atoms with van der Waals surface area (Å²) >= 11 is 7.42. The number of anilines is 1. The first-order valence-corrected chi connectivity index (χ1v) is 5.83. The number of nitrogen functional groups attached to an aromatic ring is 1. The molecule has 0 heterocycles. The summed E-state index contributed by atoms with van der Waals surface area (Å²) in [5, 5.41) is 0.534. The number of nitrogens with two attached hydrogens (primary N) is 1. The molecule has 0 fully saturated rings. The van der Waals surface area contributed by atoms with Crippen LogP contribution < -0.4 is 5.73 Å². The van der Waals surface area contributed by atoms with Crippen LogP contribution in [0.4, 0.5) is 10.1 Å². The fraction of sp³-hybridized carbons (Fsp3) is 0. The van der Waals surface area contributed by atoms with Gasteiger partial charge < -0.3 is 5.73 Å². The summed E-state index contributed by atoms with van der Waals surface area (Å²) in [4.78, 5) is 1.94. The molecule has 0 spiro atoms. The molecule has 0 bridgehead atoms. The highest BCUT2D eigenvalue weighted by Crippen LogP contribution is 2.31. The van der Waals surface area contributed by atoms with Crippen LogP contribution in [0.3, 0.4) is 0 Å². The van der Waals surface area contributed by atoms with Crippen LogP contribution in [0.25, 0.3) is 0 Å². The predicted molar refractivity (Wildman–Crippen MR) is 66.4 cm³/mol. The Bertz CT molecular complexity index is 499. The number of halogens is 2. The molecule has 0 radical (unpaired) electrons. The summed E-state index contributed by atoms with van der Waals surface area (Å²) < 4.78 is 12.7. The minimum Gasteiger partial charge on any atom is -0.398 e. The minimum absolute atomic E-state index is 0.236. The minimum atomic E-state index is -0.236. The quantitative estimate of drug-likeness (QED) is 0.812. The van der Waals surface area contributed by atoms with Gasteiger partial charge in [0.15, 0.2) is 0 Å². The lowest BCUT2D eigenvalue weighted by Gasteiger charge is -2.03. The van der Waals surface area contributed by atoms with Crippen molar-refractivity contribution in [2.75, 3.05) is 5.73 Å². The molecule has 0 aliphatic rings. The average Bonchev–Trinajstić information content (AvgIpc) is 2.27. The molecule has 16 heavy (non-hydrogen) atoms. The Kier molecular flexibility index (Phi) is 3.36. The van der Waals surface area contributed by atoms with Crippen molar-refractivity contribution in [3.63, 3.8) is 0 Å². The smallest absolute Gasteiger partial charge is 0.123 e. The first kappa shape index (κ1) is 11.3. The van der Waals surface area contributed by atoms with Crippen molar-refractivity contribution in [3.8, 4) is 0 Å². The highest BCUT2D eigenvalue weighted by atomic mass is 35.5. The Labute approximate surface area is 102 Å². The van der Waals surface area contributed by atoms with E-state index in [1.54, 1.807) is 24.3 Å². The van der Waals surface area contributed by atoms with E-state index in [4.69, 9.17) is 17.3 Å². The fourth-order valence-electron chi connectivity index (χ4n) is 1.21. The van der Waals surface area contributed by atoms with Gasteiger partial charge in [-0.1, -0.05) is 23.4 Å². The van der Waals surface area contributed by atoms with Gasteiger partial charge in [-0.2, -0.15) is 0 Å². The molecule has 2 rings (SSSR count). The maximum atomic E-state index is 12.7. The number of hydrogen-bond acceptors (Lipinski definition) is 2. The number of hydrogen-bond donors (Lipinski definition) is 1. The van der Waals surface area contributed by atoms with E-state index >= 15 is 0 Å². The molecule has 0 aliphatic heterocycles. The zero-order valence-electron chi connectivity index (χ0n) is 8.28. The van der Waals surface area contributed by atoms with Gasteiger partial charge in [-0.3, -0.25) is 0 Å². The molecule has 2 aromatic rings. The SMILES string of the molecule is Nc1ccc(Sc2ccc(F)cc2)cc1Cl. The molecule has 0 atom stereocenters. The van der Waals surface area contributed by atoms with Gasteiger partial charge in [-0.25, -0.2) is 4.39 Å². The maximum Gasteiger partial charge on any atom is 0.123 e. The fourth-order valence-corrected chi connectivity index (χ4v) is 2.31. The molecular weight excluding hydrogens is 245 g/mol. The van der Waals surface area contributed by atoms with Crippen LogP contribution in [-0.2, 0) is 0 Å². The topological polar surface area (TPSA) is 26.0 Å². The largest absolute Gasteiger partial charge is 0.398 e. The second-order valence-corrected chi connectivity index (χ2v) is 4.79. The Morgan fingerprint density at radius 3 is 2.25 bits per heavy atom. The van der Waals surface area contributed by atoms with E-state index in [0.717, 1.165) is 9.79 Å². The van der Waals surface area contributed by atoms with Crippen LogP contribution in [-0.4, -0.2) is 0 Å². The van der Waals surface area contributed by atoms with Crippen molar-refractivity contribution in [1.82, 2.24) is 0 Å². The first-order chi connectivity index (χ1) is 7.65. The highest BCUT2D eigenvalue weighted by molar-refractivity contribution is 7.99. The van der Waals surface area contributed by atoms with Gasteiger partial charge in [-0.15, -0.1) is 0 Å². The monoisotopic (exact) mass is 253 g/mol. The van der Waals surface area contributed by atoms with Crippen LogP contribution in [0.1, 0.15) is 0 Å². The average molecular weight is 254 g/mol. The second-order valence-electron chi connectivity index (χ2n) is 3.24. The van der Waals surface area contributed by atoms with E-state index < -0.39 is 0 Å². The van der Waals surface area contributed by atoms with Gasteiger partial charge in [0.1, 0.15) is 5.82 Å². The van der Waals surface area contributed by atoms with Crippen molar-refractivity contribution < 1.29 is 4.39 Å². The molecule has 82 valence electrons. The molecule has 0 saturated heterocycles. The van der Waals surface area contributed by atoms with Crippen LogP contribution >= 0.6 is 23.4 Å². The van der Waals surface area contributed by atoms with E-state index in [9.17, 15) is 4.39 Å². The van der Waals surface area contributed by atoms with Crippen molar-refractivity contribution >= 4 is 29.1 Å². The van der Waals surface area contributed by atoms with E-state index in [2.05, 4.69) is 0 Å². The Hall–Kier alpha value is -1.19. The molecule has 0 saturated carbocycles. The van der Waals surface area contributed by atoms with Gasteiger partial charge in [0.05, 0.1) is 10.7 Å². The normalized spacial score (nSPS) is 10.4. The molecule has 2 N–H and O–H groups in total. The lowest BCUT2D eigenvalue weighted by molar-refractivity contribution is 0.626. The van der Waals surface area contributed by atoms with Crippen LogP contribution in [0.15, 0.2) is 52.3 Å². The van der Waals surface area contributed by atoms with Crippen molar-refractivity contribution in [2.45, 2.75) is 9.79 Å². The molecular formula is C12H9ClFNS. The third kappa shape index (κ3) is 2.68. The van der Waals surface area contributed by atoms with E-state index in [1.165, 1.54) is 23.9 Å². The van der Waals surface area contributed by atoms with Crippen molar-refractivity contribution in [2.24, 2.45) is 0 Å². The standard InChI is InChI=1S/C12H9ClFNS/c13-11-7-10(5-6-12(11)15)16-9-3-1-8(14)2-4-9/h1-7H,15H2. The Morgan fingerprint density at radius 2 is 1.62 bits per heavy atom. The molecule has 0 aliphatic carbocycles. The summed E-state index contributed by atoms with van der Waals surface area (Å²) in [6, 6.07) is 11.8. The summed E-state index contributed by atoms with van der Waals surface area (Å²) in [6.07, 6.45) is 0. The second kappa shape index (κ2) is 4.76. The number of benzene rings is 2. The third-order valence-corrected chi connectivity index (χ3v) is 3.35. The molecule has 0 unspecified atom stereocenters. The van der Waals surface area contributed by atoms with Gasteiger partial charge in [0.25, 0.3) is 0 Å². The zero-order valence-corrected chi connectivity index (χ0v) is 9.86. The van der Waals surface area contributed by atoms with Gasteiger partial charge in [-0.05, 0) is 42.5 Å². The predicted octanol–water partition coefficient (Wildman–Crippen LogP) is 4.21. The van der Waals surface area contributed by atoms with E-state index in [0.29, 0.717) is 10.7 Å². The molecule has 0 amide bonds. The molecule has 1 nitrogen and oxygen atoms in total. The van der Waals surface area contributed by atoms with Gasteiger partial charge in [0, 0.05) is 9.79 Å². The first-order valence-electron chi connectivity index (χ1n) is 4.63. The van der Waals surface area contributed by atoms with Crippen LogP contribution in [0.5, 0.6) is 0 Å². The summed E-state index contributed by atoms with van der Waals surface area (Å²) in [5.74, 6) is -0.236. The molecule has 4 heteroatoms. The van der Waals surface area contributed by atoms with E-state index in [1.807, 2.05) is 6.07 Å². The van der Waals surface area contributed by atoms with Gasteiger partial charge in [0.2, 0.25) is 0 Å². The Balaban J connectivity index is 2.20. The maximum absolute atomic E-state index is 12.7. The summed E-state index contributed by atoms with van der Waals surface area (Å²) in [7, 11) is 0. The molecule has 0 aromatic heterocycles. The highest BCUT2D eigenvalue weighted by Gasteiger charge is 2.01. The van der Waals surface area contributed by atoms with Gasteiger partial charge >= 0.3 is 0 Å². The summed E-state index contributed by atoms with van der Waals surface area (Å²) in [5.41, 5.74) is 6.17. The van der Waals surface area contributed by atoms with Crippen LogP contribution in [0, 0.1) is 5.82 Å². The Morgan fingerprint density at radius 1 is 1.00 bits per heavy atom. The zero-order chi connectivity index (χ0) is 11.5. The lowest BCUT2D eigenvalue weighted by atomic mass is 10.3. The van der Waals surface area contributed by atoms with Crippen molar-refractivity contribution in [1.29, 1.82) is 0 Å². The summed E-state index contributed by atoms with van der Waals surface area (Å²) in [6.45, 7) is 0. The number of rotatable bonds is 2. The van der Waals surface area contributed by atoms with E-state index in [-0.39, 0.29) is 5.82 Å². The third-order valence-electron chi connectivity index (χ3n) is 2.02. The molecule has 2 aromatic carbocycles. The lowest BCUT2D eigenvalue weighted by Crippen LogP contribution is -1.85.